The van der Waals surface area contributed by atoms with E-state index >= 15 is 0 Å². The molecule has 0 unspecified atom stereocenters. The van der Waals surface area contributed by atoms with Crippen LogP contribution in [0.3, 0.4) is 0 Å². The summed E-state index contributed by atoms with van der Waals surface area (Å²) < 4.78 is 13.4. The molecule has 0 aliphatic rings. The van der Waals surface area contributed by atoms with E-state index in [-0.39, 0.29) is 36.0 Å². The summed E-state index contributed by atoms with van der Waals surface area (Å²) in [5.41, 5.74) is 1.68. The second kappa shape index (κ2) is 10.3. The largest absolute Gasteiger partial charge is 0.437 e. The van der Waals surface area contributed by atoms with Crippen LogP contribution >= 0.6 is 0 Å². The van der Waals surface area contributed by atoms with E-state index in [0.717, 1.165) is 6.04 Å². The molecular formula is C23H31N5O5Si. The summed E-state index contributed by atoms with van der Waals surface area (Å²) in [5, 5.41) is 14.1. The number of nitrogens with one attached hydrogen (secondary N) is 1. The number of nitro benzene ring substituents is 1. The van der Waals surface area contributed by atoms with Gasteiger partial charge in [0.25, 0.3) is 11.6 Å². The number of hydrogen-bond donors (Lipinski definition) is 1. The Labute approximate surface area is 199 Å². The maximum absolute atomic E-state index is 12.8. The van der Waals surface area contributed by atoms with Gasteiger partial charge < -0.3 is 19.4 Å². The molecule has 0 spiro atoms. The Balaban J connectivity index is 1.92. The number of aromatic nitrogens is 3. The van der Waals surface area contributed by atoms with Gasteiger partial charge in [0.15, 0.2) is 5.65 Å². The number of fused-ring (bicyclic) bond motifs is 1. The van der Waals surface area contributed by atoms with E-state index in [0.29, 0.717) is 28.9 Å². The maximum atomic E-state index is 12.8. The van der Waals surface area contributed by atoms with E-state index in [1.165, 1.54) is 12.3 Å². The molecule has 1 amide bonds. The zero-order valence-electron chi connectivity index (χ0n) is 20.4. The first-order valence-electron chi connectivity index (χ1n) is 11.1. The van der Waals surface area contributed by atoms with E-state index in [1.54, 1.807) is 29.8 Å². The number of amides is 1. The third kappa shape index (κ3) is 6.38. The van der Waals surface area contributed by atoms with Gasteiger partial charge in [0, 0.05) is 32.5 Å². The van der Waals surface area contributed by atoms with Crippen molar-refractivity contribution in [1.82, 2.24) is 19.9 Å². The Bertz CT molecular complexity index is 1200. The van der Waals surface area contributed by atoms with Crippen LogP contribution in [-0.2, 0) is 11.5 Å². The van der Waals surface area contributed by atoms with Crippen molar-refractivity contribution in [3.63, 3.8) is 0 Å². The van der Waals surface area contributed by atoms with E-state index < -0.39 is 13.0 Å². The van der Waals surface area contributed by atoms with Gasteiger partial charge in [0.1, 0.15) is 18.0 Å². The normalized spacial score (nSPS) is 11.7. The molecule has 2 aromatic heterocycles. The lowest BCUT2D eigenvalue weighted by atomic mass is 10.2. The van der Waals surface area contributed by atoms with Crippen molar-refractivity contribution >= 4 is 30.8 Å². The highest BCUT2D eigenvalue weighted by Gasteiger charge is 2.20. The molecule has 0 fully saturated rings. The fraction of sp³-hybridized carbons (Fsp3) is 0.435. The average molecular weight is 486 g/mol. The molecule has 0 radical (unpaired) electrons. The van der Waals surface area contributed by atoms with Crippen LogP contribution < -0.4 is 10.1 Å². The van der Waals surface area contributed by atoms with Crippen LogP contribution in [0.25, 0.3) is 11.2 Å². The van der Waals surface area contributed by atoms with Crippen LogP contribution in [0, 0.1) is 17.0 Å². The van der Waals surface area contributed by atoms with Crippen LogP contribution in [0.15, 0.2) is 30.6 Å². The molecule has 11 heteroatoms. The van der Waals surface area contributed by atoms with E-state index in [2.05, 4.69) is 34.9 Å². The molecule has 0 saturated heterocycles. The Morgan fingerprint density at radius 3 is 2.68 bits per heavy atom. The lowest BCUT2D eigenvalue weighted by molar-refractivity contribution is -0.385. The smallest absolute Gasteiger partial charge is 0.276 e. The first-order valence-corrected chi connectivity index (χ1v) is 14.8. The fourth-order valence-corrected chi connectivity index (χ4v) is 3.96. The van der Waals surface area contributed by atoms with Crippen LogP contribution in [0.4, 0.5) is 5.69 Å². The Kier molecular flexibility index (Phi) is 7.67. The zero-order valence-corrected chi connectivity index (χ0v) is 21.4. The summed E-state index contributed by atoms with van der Waals surface area (Å²) in [4.78, 5) is 32.6. The van der Waals surface area contributed by atoms with Crippen LogP contribution in [-0.4, -0.2) is 46.1 Å². The van der Waals surface area contributed by atoms with Crippen LogP contribution in [0.2, 0.25) is 25.7 Å². The lowest BCUT2D eigenvalue weighted by Crippen LogP contribution is -2.30. The lowest BCUT2D eigenvalue weighted by Gasteiger charge is -2.15. The van der Waals surface area contributed by atoms with Crippen molar-refractivity contribution in [3.05, 3.63) is 51.8 Å². The fourth-order valence-electron chi connectivity index (χ4n) is 3.20. The molecular weight excluding hydrogens is 454 g/mol. The molecule has 34 heavy (non-hydrogen) atoms. The third-order valence-electron chi connectivity index (χ3n) is 5.03. The van der Waals surface area contributed by atoms with Gasteiger partial charge in [-0.05, 0) is 38.9 Å². The Morgan fingerprint density at radius 2 is 2.03 bits per heavy atom. The monoisotopic (exact) mass is 485 g/mol. The SMILES string of the molecule is Cc1ccc(Oc2cnc3c(n2)c(C(=O)NC(C)C)cn3COCC[Si](C)(C)C)cc1[N+](=O)[O-]. The third-order valence-corrected chi connectivity index (χ3v) is 6.74. The number of ether oxygens (including phenoxy) is 2. The molecule has 0 aliphatic carbocycles. The minimum Gasteiger partial charge on any atom is -0.437 e. The van der Waals surface area contributed by atoms with Gasteiger partial charge in [0.05, 0.1) is 22.7 Å². The average Bonchev–Trinajstić information content (AvgIpc) is 3.09. The highest BCUT2D eigenvalue weighted by atomic mass is 28.3. The molecule has 182 valence electrons. The number of carbonyl (C=O) groups is 1. The van der Waals surface area contributed by atoms with Gasteiger partial charge >= 0.3 is 0 Å². The predicted molar refractivity (Wildman–Crippen MR) is 132 cm³/mol. The minimum absolute atomic E-state index is 0.0508. The summed E-state index contributed by atoms with van der Waals surface area (Å²) in [6, 6.07) is 5.54. The summed E-state index contributed by atoms with van der Waals surface area (Å²) >= 11 is 0. The van der Waals surface area contributed by atoms with Crippen molar-refractivity contribution < 1.29 is 19.2 Å². The molecule has 10 nitrogen and oxygen atoms in total. The highest BCUT2D eigenvalue weighted by Crippen LogP contribution is 2.28. The first-order chi connectivity index (χ1) is 15.9. The van der Waals surface area contributed by atoms with Crippen molar-refractivity contribution in [3.8, 4) is 11.6 Å². The first kappa shape index (κ1) is 25.3. The number of hydrogen-bond acceptors (Lipinski definition) is 7. The molecule has 1 aromatic carbocycles. The molecule has 1 N–H and O–H groups in total. The van der Waals surface area contributed by atoms with Crippen LogP contribution in [0.5, 0.6) is 11.6 Å². The van der Waals surface area contributed by atoms with E-state index in [1.807, 2.05) is 13.8 Å². The minimum atomic E-state index is -1.22. The molecule has 2 heterocycles. The summed E-state index contributed by atoms with van der Waals surface area (Å²) in [7, 11) is -1.22. The highest BCUT2D eigenvalue weighted by molar-refractivity contribution is 6.76. The Morgan fingerprint density at radius 1 is 1.29 bits per heavy atom. The number of rotatable bonds is 10. The van der Waals surface area contributed by atoms with Gasteiger partial charge in [-0.15, -0.1) is 0 Å². The second-order valence-corrected chi connectivity index (χ2v) is 15.3. The van der Waals surface area contributed by atoms with E-state index in [4.69, 9.17) is 9.47 Å². The number of nitrogens with zero attached hydrogens (tertiary/aromatic N) is 4. The number of aryl methyl sites for hydroxylation is 1. The van der Waals surface area contributed by atoms with E-state index in [9.17, 15) is 14.9 Å². The zero-order chi connectivity index (χ0) is 25.0. The van der Waals surface area contributed by atoms with Gasteiger partial charge in [-0.25, -0.2) is 9.97 Å². The Hall–Kier alpha value is -3.31. The molecule has 3 aromatic rings. The molecule has 0 saturated carbocycles. The van der Waals surface area contributed by atoms with Gasteiger partial charge in [-0.3, -0.25) is 14.9 Å². The summed E-state index contributed by atoms with van der Waals surface area (Å²) in [5.74, 6) is 0.105. The number of carbonyl (C=O) groups excluding carboxylic acids is 1. The standard InChI is InChI=1S/C23H31N5O5Si/c1-15(2)25-23(29)18-13-27(14-32-9-10-34(4,5)6)22-21(18)26-20(12-24-22)33-17-8-7-16(3)19(11-17)28(30)31/h7-8,11-13,15H,9-10,14H2,1-6H3,(H,25,29). The number of benzene rings is 1. The van der Waals surface area contributed by atoms with Crippen LogP contribution in [0.1, 0.15) is 29.8 Å². The summed E-state index contributed by atoms with van der Waals surface area (Å²) in [6.45, 7) is 13.1. The van der Waals surface area contributed by atoms with Crippen molar-refractivity contribution in [2.24, 2.45) is 0 Å². The van der Waals surface area contributed by atoms with Crippen molar-refractivity contribution in [2.75, 3.05) is 6.61 Å². The van der Waals surface area contributed by atoms with Crippen molar-refractivity contribution in [1.29, 1.82) is 0 Å². The topological polar surface area (TPSA) is 121 Å². The van der Waals surface area contributed by atoms with Gasteiger partial charge in [0.2, 0.25) is 5.88 Å². The second-order valence-electron chi connectivity index (χ2n) is 9.68. The molecule has 0 atom stereocenters. The van der Waals surface area contributed by atoms with Gasteiger partial charge in [-0.2, -0.15) is 0 Å². The quantitative estimate of drug-likeness (QED) is 0.188. The summed E-state index contributed by atoms with van der Waals surface area (Å²) in [6.07, 6.45) is 3.11. The maximum Gasteiger partial charge on any atom is 0.276 e. The predicted octanol–water partition coefficient (Wildman–Crippen LogP) is 4.89. The van der Waals surface area contributed by atoms with Gasteiger partial charge in [-0.1, -0.05) is 19.6 Å². The molecule has 0 bridgehead atoms. The molecule has 0 aliphatic heterocycles. The van der Waals surface area contributed by atoms with Crippen molar-refractivity contribution in [2.45, 2.75) is 59.2 Å². The molecule has 3 rings (SSSR count). The number of nitro groups is 1.